The van der Waals surface area contributed by atoms with Crippen LogP contribution in [0.3, 0.4) is 0 Å². The first-order chi connectivity index (χ1) is 12.5. The molecule has 1 aromatic heterocycles. The zero-order valence-corrected chi connectivity index (χ0v) is 15.4. The second-order valence-electron chi connectivity index (χ2n) is 6.54. The van der Waals surface area contributed by atoms with Gasteiger partial charge in [-0.1, -0.05) is 55.0 Å². The number of benzene rings is 2. The van der Waals surface area contributed by atoms with Gasteiger partial charge >= 0.3 is 5.97 Å². The van der Waals surface area contributed by atoms with Crippen molar-refractivity contribution in [1.82, 2.24) is 4.57 Å². The van der Waals surface area contributed by atoms with E-state index in [4.69, 9.17) is 0 Å². The number of aromatic nitrogens is 1. The van der Waals surface area contributed by atoms with Crippen LogP contribution in [0.2, 0.25) is 0 Å². The van der Waals surface area contributed by atoms with Crippen LogP contribution in [0, 0.1) is 6.92 Å². The van der Waals surface area contributed by atoms with Gasteiger partial charge in [0.25, 0.3) is 0 Å². The van der Waals surface area contributed by atoms with Gasteiger partial charge in [-0.3, -0.25) is 4.57 Å². The van der Waals surface area contributed by atoms with E-state index in [1.807, 2.05) is 56.1 Å². The Kier molecular flexibility index (Phi) is 5.12. The second-order valence-corrected chi connectivity index (χ2v) is 6.54. The Balaban J connectivity index is 2.13. The first kappa shape index (κ1) is 17.8. The Hall–Kier alpha value is -3.01. The number of carboxylic acids is 1. The summed E-state index contributed by atoms with van der Waals surface area (Å²) in [7, 11) is 1.94. The van der Waals surface area contributed by atoms with Crippen molar-refractivity contribution in [3.8, 4) is 5.69 Å². The first-order valence-corrected chi connectivity index (χ1v) is 8.81. The van der Waals surface area contributed by atoms with Crippen molar-refractivity contribution in [3.05, 3.63) is 83.0 Å². The lowest BCUT2D eigenvalue weighted by Crippen LogP contribution is -2.22. The van der Waals surface area contributed by atoms with Gasteiger partial charge in [-0.2, -0.15) is 0 Å². The van der Waals surface area contributed by atoms with Gasteiger partial charge in [-0.05, 0) is 37.1 Å². The highest BCUT2D eigenvalue weighted by Gasteiger charge is 2.23. The van der Waals surface area contributed by atoms with Crippen LogP contribution in [-0.2, 0) is 13.0 Å². The second kappa shape index (κ2) is 7.48. The van der Waals surface area contributed by atoms with Gasteiger partial charge in [0.15, 0.2) is 0 Å². The summed E-state index contributed by atoms with van der Waals surface area (Å²) in [6.07, 6.45) is 0.757. The average Bonchev–Trinajstić information content (AvgIpc) is 3.03. The molecule has 4 heteroatoms. The third-order valence-electron chi connectivity index (χ3n) is 4.56. The van der Waals surface area contributed by atoms with E-state index >= 15 is 0 Å². The summed E-state index contributed by atoms with van der Waals surface area (Å²) in [5, 5.41) is 9.76. The average molecular weight is 348 g/mol. The van der Waals surface area contributed by atoms with E-state index < -0.39 is 5.97 Å². The predicted octanol–water partition coefficient (Wildman–Crippen LogP) is 4.68. The lowest BCUT2D eigenvalue weighted by Gasteiger charge is -2.24. The Morgan fingerprint density at radius 2 is 1.73 bits per heavy atom. The van der Waals surface area contributed by atoms with E-state index in [-0.39, 0.29) is 0 Å². The van der Waals surface area contributed by atoms with Gasteiger partial charge in [0.1, 0.15) is 11.4 Å². The summed E-state index contributed by atoms with van der Waals surface area (Å²) < 4.78 is 2.06. The lowest BCUT2D eigenvalue weighted by atomic mass is 10.2. The Bertz CT molecular complexity index is 896. The van der Waals surface area contributed by atoms with Crippen LogP contribution in [0.5, 0.6) is 0 Å². The molecule has 0 unspecified atom stereocenters. The van der Waals surface area contributed by atoms with E-state index in [0.717, 1.165) is 23.4 Å². The molecule has 0 fully saturated rings. The highest BCUT2D eigenvalue weighted by Crippen LogP contribution is 2.30. The number of carbonyl (C=O) groups is 1. The summed E-state index contributed by atoms with van der Waals surface area (Å²) >= 11 is 0. The number of hydrogen-bond acceptors (Lipinski definition) is 2. The largest absolute Gasteiger partial charge is 0.478 e. The monoisotopic (exact) mass is 348 g/mol. The number of aromatic carboxylic acids is 1. The van der Waals surface area contributed by atoms with E-state index in [1.54, 1.807) is 6.07 Å². The lowest BCUT2D eigenvalue weighted by molar-refractivity contribution is 0.0697. The molecule has 26 heavy (non-hydrogen) atoms. The molecule has 0 saturated carbocycles. The zero-order chi connectivity index (χ0) is 18.7. The van der Waals surface area contributed by atoms with Gasteiger partial charge in [-0.25, -0.2) is 4.79 Å². The molecular weight excluding hydrogens is 324 g/mol. The van der Waals surface area contributed by atoms with Gasteiger partial charge in [0, 0.05) is 25.0 Å². The third kappa shape index (κ3) is 3.49. The van der Waals surface area contributed by atoms with Crippen molar-refractivity contribution < 1.29 is 9.90 Å². The highest BCUT2D eigenvalue weighted by atomic mass is 16.4. The molecule has 0 saturated heterocycles. The number of anilines is 1. The normalized spacial score (nSPS) is 10.7. The number of hydrogen-bond donors (Lipinski definition) is 1. The molecule has 0 amide bonds. The number of aryl methyl sites for hydroxylation is 2. The van der Waals surface area contributed by atoms with Crippen molar-refractivity contribution >= 4 is 11.8 Å². The first-order valence-electron chi connectivity index (χ1n) is 8.81. The fourth-order valence-corrected chi connectivity index (χ4v) is 3.26. The fraction of sp³-hybridized carbons (Fsp3) is 0.227. The summed E-state index contributed by atoms with van der Waals surface area (Å²) in [5.41, 5.74) is 4.62. The molecule has 0 atom stereocenters. The molecule has 1 heterocycles. The molecule has 3 rings (SSSR count). The molecule has 0 aliphatic heterocycles. The molecular formula is C22H24N2O2. The highest BCUT2D eigenvalue weighted by molar-refractivity contribution is 5.94. The topological polar surface area (TPSA) is 45.5 Å². The third-order valence-corrected chi connectivity index (χ3v) is 4.56. The smallest absolute Gasteiger partial charge is 0.339 e. The predicted molar refractivity (Wildman–Crippen MR) is 105 cm³/mol. The van der Waals surface area contributed by atoms with Crippen LogP contribution in [0.4, 0.5) is 5.82 Å². The van der Waals surface area contributed by atoms with Crippen LogP contribution in [0.1, 0.15) is 34.1 Å². The number of nitrogens with zero attached hydrogens (tertiary/aromatic N) is 2. The summed E-state index contributed by atoms with van der Waals surface area (Å²) in [5.74, 6) is -0.192. The van der Waals surface area contributed by atoms with Crippen molar-refractivity contribution in [2.45, 2.75) is 26.8 Å². The van der Waals surface area contributed by atoms with Crippen molar-refractivity contribution in [3.63, 3.8) is 0 Å². The minimum absolute atomic E-state index is 0.334. The Morgan fingerprint density at radius 3 is 2.31 bits per heavy atom. The molecule has 0 aliphatic rings. The molecule has 0 aliphatic carbocycles. The maximum Gasteiger partial charge on any atom is 0.339 e. The molecule has 2 aromatic carbocycles. The molecule has 134 valence electrons. The molecule has 4 nitrogen and oxygen atoms in total. The fourth-order valence-electron chi connectivity index (χ4n) is 3.26. The van der Waals surface area contributed by atoms with Gasteiger partial charge < -0.3 is 10.0 Å². The molecule has 0 spiro atoms. The van der Waals surface area contributed by atoms with E-state index in [1.165, 1.54) is 5.56 Å². The van der Waals surface area contributed by atoms with Crippen LogP contribution in [-0.4, -0.2) is 22.7 Å². The van der Waals surface area contributed by atoms with Crippen LogP contribution < -0.4 is 4.90 Å². The minimum atomic E-state index is -0.902. The van der Waals surface area contributed by atoms with E-state index in [0.29, 0.717) is 17.9 Å². The Labute approximate surface area is 154 Å². The molecule has 0 radical (unpaired) electrons. The SMILES string of the molecule is CCc1cc(C(=O)O)c(N(C)Cc2ccccc2)n1-c1ccc(C)cc1. The zero-order valence-electron chi connectivity index (χ0n) is 15.4. The molecule has 0 bridgehead atoms. The molecule has 1 N–H and O–H groups in total. The Morgan fingerprint density at radius 1 is 1.08 bits per heavy atom. The van der Waals surface area contributed by atoms with Crippen molar-refractivity contribution in [1.29, 1.82) is 0 Å². The van der Waals surface area contributed by atoms with Gasteiger partial charge in [0.05, 0.1) is 0 Å². The van der Waals surface area contributed by atoms with Crippen LogP contribution in [0.25, 0.3) is 5.69 Å². The summed E-state index contributed by atoms with van der Waals surface area (Å²) in [6, 6.07) is 20.1. The molecule has 3 aromatic rings. The standard InChI is InChI=1S/C22H24N2O2/c1-4-18-14-20(22(25)26)21(23(3)15-17-8-6-5-7-9-17)24(18)19-12-10-16(2)11-13-19/h5-14H,4,15H2,1-3H3,(H,25,26). The number of rotatable bonds is 6. The van der Waals surface area contributed by atoms with Crippen LogP contribution >= 0.6 is 0 Å². The number of carboxylic acid groups (broad SMARTS) is 1. The van der Waals surface area contributed by atoms with E-state index in [2.05, 4.69) is 28.8 Å². The van der Waals surface area contributed by atoms with Gasteiger partial charge in [-0.15, -0.1) is 0 Å². The maximum absolute atomic E-state index is 11.9. The van der Waals surface area contributed by atoms with E-state index in [9.17, 15) is 9.90 Å². The maximum atomic E-state index is 11.9. The minimum Gasteiger partial charge on any atom is -0.478 e. The summed E-state index contributed by atoms with van der Waals surface area (Å²) in [4.78, 5) is 13.9. The van der Waals surface area contributed by atoms with Crippen molar-refractivity contribution in [2.75, 3.05) is 11.9 Å². The quantitative estimate of drug-likeness (QED) is 0.703. The van der Waals surface area contributed by atoms with Gasteiger partial charge in [0.2, 0.25) is 0 Å². The van der Waals surface area contributed by atoms with Crippen LogP contribution in [0.15, 0.2) is 60.7 Å². The summed E-state index contributed by atoms with van der Waals surface area (Å²) in [6.45, 7) is 4.73. The van der Waals surface area contributed by atoms with Crippen molar-refractivity contribution in [2.24, 2.45) is 0 Å².